The van der Waals surface area contributed by atoms with Crippen LogP contribution < -0.4 is 5.48 Å². The Labute approximate surface area is 138 Å². The molecule has 0 aromatic carbocycles. The van der Waals surface area contributed by atoms with Crippen LogP contribution in [0.3, 0.4) is 0 Å². The Bertz CT molecular complexity index is 600. The molecule has 1 heterocycles. The Morgan fingerprint density at radius 1 is 1.43 bits per heavy atom. The number of aryl methyl sites for hydroxylation is 1. The van der Waals surface area contributed by atoms with Crippen molar-refractivity contribution in [2.24, 2.45) is 5.41 Å². The second kappa shape index (κ2) is 7.92. The predicted octanol–water partition coefficient (Wildman–Crippen LogP) is 1.44. The molecule has 0 bridgehead atoms. The molecule has 1 amide bonds. The number of aromatic nitrogens is 2. The first kappa shape index (κ1) is 17.9. The van der Waals surface area contributed by atoms with E-state index < -0.39 is 22.0 Å². The van der Waals surface area contributed by atoms with Crippen molar-refractivity contribution in [3.05, 3.63) is 18.0 Å². The lowest BCUT2D eigenvalue weighted by atomic mass is 9.85. The zero-order valence-electron chi connectivity index (χ0n) is 13.4. The molecule has 0 saturated heterocycles. The van der Waals surface area contributed by atoms with E-state index in [-0.39, 0.29) is 12.2 Å². The van der Waals surface area contributed by atoms with E-state index in [0.29, 0.717) is 12.5 Å². The summed E-state index contributed by atoms with van der Waals surface area (Å²) in [6, 6.07) is 0. The molecule has 1 aliphatic rings. The highest BCUT2D eigenvalue weighted by atomic mass is 32.2. The van der Waals surface area contributed by atoms with Crippen LogP contribution in [0.1, 0.15) is 56.9 Å². The van der Waals surface area contributed by atoms with Crippen molar-refractivity contribution in [3.8, 4) is 0 Å². The number of hydroxylamine groups is 1. The summed E-state index contributed by atoms with van der Waals surface area (Å²) in [6.45, 7) is 1.97. The molecule has 0 spiro atoms. The monoisotopic (exact) mass is 343 g/mol. The summed E-state index contributed by atoms with van der Waals surface area (Å²) in [7, 11) is -2.71. The van der Waals surface area contributed by atoms with Crippen LogP contribution in [0.15, 0.2) is 12.4 Å². The average molecular weight is 343 g/mol. The second-order valence-electron chi connectivity index (χ2n) is 6.61. The molecule has 2 N–H and O–H groups in total. The zero-order chi connectivity index (χ0) is 16.9. The summed E-state index contributed by atoms with van der Waals surface area (Å²) in [5.74, 6) is -0.428. The Hall–Kier alpha value is -1.41. The SMILES string of the molecule is C[C@](CCn1cc(C2CCCCC2)cn1)(C[SH](=O)=O)C(=O)NO. The van der Waals surface area contributed by atoms with Crippen LogP contribution in [0.4, 0.5) is 0 Å². The van der Waals surface area contributed by atoms with Crippen LogP contribution in [0.25, 0.3) is 0 Å². The van der Waals surface area contributed by atoms with Gasteiger partial charge in [0.05, 0.1) is 17.4 Å². The van der Waals surface area contributed by atoms with E-state index in [0.717, 1.165) is 0 Å². The van der Waals surface area contributed by atoms with Crippen molar-refractivity contribution in [2.45, 2.75) is 57.9 Å². The molecule has 1 fully saturated rings. The summed E-state index contributed by atoms with van der Waals surface area (Å²) in [5, 5.41) is 13.2. The number of carbonyl (C=O) groups excluding carboxylic acids is 1. The number of nitrogens with zero attached hydrogens (tertiary/aromatic N) is 2. The van der Waals surface area contributed by atoms with Gasteiger partial charge >= 0.3 is 0 Å². The largest absolute Gasteiger partial charge is 0.289 e. The molecule has 8 heteroatoms. The minimum atomic E-state index is -2.71. The average Bonchev–Trinajstić information content (AvgIpc) is 3.01. The van der Waals surface area contributed by atoms with Gasteiger partial charge in [0.2, 0.25) is 5.91 Å². The summed E-state index contributed by atoms with van der Waals surface area (Å²) in [5.41, 5.74) is 1.62. The van der Waals surface area contributed by atoms with Gasteiger partial charge in [-0.3, -0.25) is 14.7 Å². The van der Waals surface area contributed by atoms with Gasteiger partial charge in [-0.2, -0.15) is 5.10 Å². The minimum Gasteiger partial charge on any atom is -0.289 e. The van der Waals surface area contributed by atoms with E-state index in [2.05, 4.69) is 5.10 Å². The summed E-state index contributed by atoms with van der Waals surface area (Å²) >= 11 is 0. The Morgan fingerprint density at radius 3 is 2.74 bits per heavy atom. The molecule has 0 aliphatic heterocycles. The Kier molecular flexibility index (Phi) is 6.17. The van der Waals surface area contributed by atoms with Crippen molar-refractivity contribution < 1.29 is 18.4 Å². The van der Waals surface area contributed by atoms with E-state index in [1.165, 1.54) is 44.6 Å². The van der Waals surface area contributed by atoms with Gasteiger partial charge in [0, 0.05) is 12.7 Å². The Morgan fingerprint density at radius 2 is 2.13 bits per heavy atom. The zero-order valence-corrected chi connectivity index (χ0v) is 14.3. The fraction of sp³-hybridized carbons (Fsp3) is 0.733. The van der Waals surface area contributed by atoms with Crippen LogP contribution in [0, 0.1) is 5.41 Å². The molecule has 23 heavy (non-hydrogen) atoms. The highest BCUT2D eigenvalue weighted by Gasteiger charge is 2.34. The van der Waals surface area contributed by atoms with Gasteiger partial charge in [-0.15, -0.1) is 0 Å². The number of nitrogens with one attached hydrogen (secondary N) is 1. The van der Waals surface area contributed by atoms with Crippen molar-refractivity contribution in [1.82, 2.24) is 15.3 Å². The smallest absolute Gasteiger partial charge is 0.250 e. The van der Waals surface area contributed by atoms with Gasteiger partial charge in [0.1, 0.15) is 10.7 Å². The summed E-state index contributed by atoms with van der Waals surface area (Å²) in [6.07, 6.45) is 10.3. The van der Waals surface area contributed by atoms with Gasteiger partial charge in [-0.1, -0.05) is 19.3 Å². The number of amides is 1. The third-order valence-corrected chi connectivity index (χ3v) is 5.71. The molecule has 130 valence electrons. The van der Waals surface area contributed by atoms with E-state index >= 15 is 0 Å². The van der Waals surface area contributed by atoms with Crippen molar-refractivity contribution in [3.63, 3.8) is 0 Å². The van der Waals surface area contributed by atoms with E-state index in [9.17, 15) is 13.2 Å². The first-order valence-corrected chi connectivity index (χ1v) is 9.39. The molecule has 2 rings (SSSR count). The number of hydrogen-bond acceptors (Lipinski definition) is 5. The standard InChI is InChI=1S/C15H25N3O4S/c1-15(11-23(21)22,14(19)17-20)7-8-18-10-13(9-16-18)12-5-3-2-4-6-12/h9-10,12,20,23H,2-8,11H2,1H3,(H,17,19)/t15-/m0/s1. The van der Waals surface area contributed by atoms with Crippen LogP contribution in [-0.2, 0) is 22.0 Å². The predicted molar refractivity (Wildman–Crippen MR) is 85.9 cm³/mol. The molecule has 7 nitrogen and oxygen atoms in total. The lowest BCUT2D eigenvalue weighted by Gasteiger charge is -2.24. The molecular weight excluding hydrogens is 318 g/mol. The summed E-state index contributed by atoms with van der Waals surface area (Å²) in [4.78, 5) is 11.8. The van der Waals surface area contributed by atoms with E-state index in [1.54, 1.807) is 10.2 Å². The maximum absolute atomic E-state index is 11.8. The molecule has 1 atom stereocenters. The van der Waals surface area contributed by atoms with Crippen molar-refractivity contribution in [1.29, 1.82) is 0 Å². The van der Waals surface area contributed by atoms with Gasteiger partial charge in [0.15, 0.2) is 0 Å². The van der Waals surface area contributed by atoms with Gasteiger partial charge in [-0.25, -0.2) is 13.9 Å². The number of rotatable bonds is 7. The fourth-order valence-corrected chi connectivity index (χ4v) is 4.07. The first-order chi connectivity index (χ1) is 10.9. The van der Waals surface area contributed by atoms with E-state index in [4.69, 9.17) is 5.21 Å². The van der Waals surface area contributed by atoms with Crippen LogP contribution in [0.2, 0.25) is 0 Å². The maximum Gasteiger partial charge on any atom is 0.250 e. The van der Waals surface area contributed by atoms with Crippen LogP contribution in [-0.4, -0.2) is 35.1 Å². The van der Waals surface area contributed by atoms with Gasteiger partial charge < -0.3 is 0 Å². The highest BCUT2D eigenvalue weighted by molar-refractivity contribution is 7.72. The quantitative estimate of drug-likeness (QED) is 0.395. The first-order valence-electron chi connectivity index (χ1n) is 8.03. The molecule has 1 aromatic rings. The van der Waals surface area contributed by atoms with Crippen molar-refractivity contribution in [2.75, 3.05) is 5.75 Å². The molecule has 0 unspecified atom stereocenters. The second-order valence-corrected chi connectivity index (χ2v) is 7.60. The molecule has 1 aliphatic carbocycles. The van der Waals surface area contributed by atoms with Crippen LogP contribution in [0.5, 0.6) is 0 Å². The summed E-state index contributed by atoms with van der Waals surface area (Å²) < 4.78 is 23.8. The fourth-order valence-electron chi connectivity index (χ4n) is 3.19. The molecular formula is C15H25N3O4S. The number of thiol groups is 1. The van der Waals surface area contributed by atoms with Crippen molar-refractivity contribution >= 4 is 16.6 Å². The third kappa shape index (κ3) is 4.78. The normalized spacial score (nSPS) is 18.7. The highest BCUT2D eigenvalue weighted by Crippen LogP contribution is 2.32. The molecule has 0 radical (unpaired) electrons. The lowest BCUT2D eigenvalue weighted by molar-refractivity contribution is -0.138. The lowest BCUT2D eigenvalue weighted by Crippen LogP contribution is -2.41. The van der Waals surface area contributed by atoms with Gasteiger partial charge in [-0.05, 0) is 37.7 Å². The van der Waals surface area contributed by atoms with Gasteiger partial charge in [0.25, 0.3) is 0 Å². The van der Waals surface area contributed by atoms with Crippen LogP contribution >= 0.6 is 0 Å². The topological polar surface area (TPSA) is 101 Å². The molecule has 1 saturated carbocycles. The minimum absolute atomic E-state index is 0.286. The third-order valence-electron chi connectivity index (χ3n) is 4.75. The Balaban J connectivity index is 2.00. The number of hydrogen-bond donors (Lipinski definition) is 3. The maximum atomic E-state index is 11.8. The molecule has 1 aromatic heterocycles. The van der Waals surface area contributed by atoms with E-state index in [1.807, 2.05) is 12.4 Å². The number of carbonyl (C=O) groups is 1.